The zero-order chi connectivity index (χ0) is 18.7. The molecule has 5 atom stereocenters. The summed E-state index contributed by atoms with van der Waals surface area (Å²) in [7, 11) is 0. The van der Waals surface area contributed by atoms with E-state index in [1.807, 2.05) is 0 Å². The summed E-state index contributed by atoms with van der Waals surface area (Å²) in [6, 6.07) is 6.49. The highest BCUT2D eigenvalue weighted by molar-refractivity contribution is 6.30. The molecular formula is C18H21ClO7. The number of carbonyl (C=O) groups excluding carboxylic acids is 1. The van der Waals surface area contributed by atoms with Crippen LogP contribution in [-0.4, -0.2) is 48.2 Å². The Hall–Kier alpha value is -1.22. The molecule has 0 N–H and O–H groups in total. The molecule has 0 radical (unpaired) electrons. The van der Waals surface area contributed by atoms with Crippen LogP contribution in [0, 0.1) is 0 Å². The minimum Gasteiger partial charge on any atom is -0.425 e. The molecule has 142 valence electrons. The molecule has 1 aromatic rings. The fourth-order valence-corrected chi connectivity index (χ4v) is 3.60. The fourth-order valence-electron chi connectivity index (χ4n) is 3.48. The van der Waals surface area contributed by atoms with Crippen LogP contribution in [0.15, 0.2) is 24.3 Å². The molecule has 0 saturated carbocycles. The Balaban J connectivity index is 1.57. The third-order valence-electron chi connectivity index (χ3n) is 4.42. The molecule has 3 saturated heterocycles. The Kier molecular flexibility index (Phi) is 4.30. The molecule has 5 unspecified atom stereocenters. The minimum atomic E-state index is -1.00. The normalized spacial score (nSPS) is 37.0. The van der Waals surface area contributed by atoms with E-state index in [1.54, 1.807) is 52.0 Å². The van der Waals surface area contributed by atoms with E-state index in [-0.39, 0.29) is 0 Å². The van der Waals surface area contributed by atoms with Crippen LogP contribution in [0.4, 0.5) is 0 Å². The Morgan fingerprint density at radius 1 is 0.923 bits per heavy atom. The predicted octanol–water partition coefficient (Wildman–Crippen LogP) is 2.64. The second-order valence-corrected chi connectivity index (χ2v) is 7.90. The Morgan fingerprint density at radius 2 is 1.50 bits per heavy atom. The maximum Gasteiger partial charge on any atom is 0.343 e. The molecule has 0 amide bonds. The highest BCUT2D eigenvalue weighted by Gasteiger charge is 2.62. The van der Waals surface area contributed by atoms with Gasteiger partial charge in [-0.15, -0.1) is 0 Å². The minimum absolute atomic E-state index is 0.365. The van der Waals surface area contributed by atoms with E-state index in [9.17, 15) is 4.79 Å². The van der Waals surface area contributed by atoms with Gasteiger partial charge >= 0.3 is 5.97 Å². The predicted molar refractivity (Wildman–Crippen MR) is 89.6 cm³/mol. The lowest BCUT2D eigenvalue weighted by molar-refractivity contribution is -0.236. The Bertz CT molecular complexity index is 702. The quantitative estimate of drug-likeness (QED) is 0.573. The first kappa shape index (κ1) is 18.2. The molecule has 0 bridgehead atoms. The fraction of sp³-hybridized carbons (Fsp3) is 0.611. The summed E-state index contributed by atoms with van der Waals surface area (Å²) < 4.78 is 34.8. The van der Waals surface area contributed by atoms with Crippen molar-refractivity contribution in [3.05, 3.63) is 29.3 Å². The number of fused-ring (bicyclic) bond motifs is 3. The highest BCUT2D eigenvalue weighted by Crippen LogP contribution is 2.44. The molecule has 3 heterocycles. The maximum absolute atomic E-state index is 12.7. The van der Waals surface area contributed by atoms with Gasteiger partial charge in [-0.1, -0.05) is 11.6 Å². The summed E-state index contributed by atoms with van der Waals surface area (Å²) in [6.45, 7) is 7.13. The van der Waals surface area contributed by atoms with E-state index < -0.39 is 48.2 Å². The van der Waals surface area contributed by atoms with E-state index >= 15 is 0 Å². The van der Waals surface area contributed by atoms with Crippen molar-refractivity contribution in [2.45, 2.75) is 70.0 Å². The Labute approximate surface area is 156 Å². The number of ether oxygens (including phenoxy) is 6. The zero-order valence-electron chi connectivity index (χ0n) is 14.9. The average molecular weight is 385 g/mol. The van der Waals surface area contributed by atoms with Crippen molar-refractivity contribution in [2.75, 3.05) is 0 Å². The lowest BCUT2D eigenvalue weighted by Gasteiger charge is -2.35. The molecule has 0 spiro atoms. The molecule has 0 aromatic heterocycles. The molecular weight excluding hydrogens is 364 g/mol. The average Bonchev–Trinajstić information content (AvgIpc) is 3.02. The molecule has 7 nitrogen and oxygen atoms in total. The van der Waals surface area contributed by atoms with Gasteiger partial charge in [-0.25, -0.2) is 4.79 Å². The second kappa shape index (κ2) is 6.15. The summed E-state index contributed by atoms with van der Waals surface area (Å²) in [5.41, 5.74) is 0. The van der Waals surface area contributed by atoms with Gasteiger partial charge < -0.3 is 28.4 Å². The van der Waals surface area contributed by atoms with Crippen molar-refractivity contribution in [3.63, 3.8) is 0 Å². The highest BCUT2D eigenvalue weighted by atomic mass is 35.5. The molecule has 3 fully saturated rings. The van der Waals surface area contributed by atoms with Crippen LogP contribution in [0.3, 0.4) is 0 Å². The van der Waals surface area contributed by atoms with Crippen molar-refractivity contribution in [1.82, 2.24) is 0 Å². The van der Waals surface area contributed by atoms with Crippen molar-refractivity contribution in [3.8, 4) is 5.75 Å². The van der Waals surface area contributed by atoms with Gasteiger partial charge in [-0.3, -0.25) is 0 Å². The van der Waals surface area contributed by atoms with Gasteiger partial charge in [-0.2, -0.15) is 0 Å². The zero-order valence-corrected chi connectivity index (χ0v) is 15.7. The van der Waals surface area contributed by atoms with E-state index in [0.29, 0.717) is 10.8 Å². The molecule has 1 aromatic carbocycles. The molecule has 0 aliphatic carbocycles. The lowest BCUT2D eigenvalue weighted by atomic mass is 9.99. The van der Waals surface area contributed by atoms with E-state index in [2.05, 4.69) is 0 Å². The van der Waals surface area contributed by atoms with Crippen molar-refractivity contribution >= 4 is 17.6 Å². The summed E-state index contributed by atoms with van der Waals surface area (Å²) >= 11 is 5.86. The number of carbonyl (C=O) groups is 1. The van der Waals surface area contributed by atoms with Crippen LogP contribution in [0.25, 0.3) is 0 Å². The Morgan fingerprint density at radius 3 is 2.19 bits per heavy atom. The number of halogens is 1. The monoisotopic (exact) mass is 384 g/mol. The maximum atomic E-state index is 12.7. The van der Waals surface area contributed by atoms with Crippen molar-refractivity contribution < 1.29 is 33.2 Å². The first-order valence-corrected chi connectivity index (χ1v) is 8.85. The van der Waals surface area contributed by atoms with Crippen molar-refractivity contribution in [1.29, 1.82) is 0 Å². The summed E-state index contributed by atoms with van der Waals surface area (Å²) in [5.74, 6) is -1.94. The van der Waals surface area contributed by atoms with Gasteiger partial charge in [0.2, 0.25) is 0 Å². The third kappa shape index (κ3) is 3.35. The van der Waals surface area contributed by atoms with E-state index in [0.717, 1.165) is 0 Å². The molecule has 26 heavy (non-hydrogen) atoms. The summed E-state index contributed by atoms with van der Waals surface area (Å²) in [4.78, 5) is 12.7. The van der Waals surface area contributed by atoms with Crippen LogP contribution in [0.1, 0.15) is 27.7 Å². The van der Waals surface area contributed by atoms with Crippen molar-refractivity contribution in [2.24, 2.45) is 0 Å². The van der Waals surface area contributed by atoms with Gasteiger partial charge in [0.1, 0.15) is 24.1 Å². The van der Waals surface area contributed by atoms with Gasteiger partial charge in [0, 0.05) is 5.02 Å². The number of rotatable bonds is 2. The van der Waals surface area contributed by atoms with Crippen LogP contribution in [0.2, 0.25) is 5.02 Å². The van der Waals surface area contributed by atoms with Gasteiger partial charge in [-0.05, 0) is 52.0 Å². The topological polar surface area (TPSA) is 72.5 Å². The smallest absolute Gasteiger partial charge is 0.343 e. The largest absolute Gasteiger partial charge is 0.425 e. The first-order valence-electron chi connectivity index (χ1n) is 8.48. The van der Waals surface area contributed by atoms with Crippen LogP contribution < -0.4 is 4.74 Å². The van der Waals surface area contributed by atoms with Crippen LogP contribution in [0.5, 0.6) is 5.75 Å². The molecule has 4 rings (SSSR count). The number of hydrogen-bond acceptors (Lipinski definition) is 7. The SMILES string of the molecule is CC1(C)OC2OC(C(=O)Oc3ccc(Cl)cc3)C3OC(C)(C)OC3C2O1. The number of esters is 1. The lowest BCUT2D eigenvalue weighted by Crippen LogP contribution is -2.58. The van der Waals surface area contributed by atoms with E-state index in [1.165, 1.54) is 0 Å². The summed E-state index contributed by atoms with van der Waals surface area (Å²) in [6.07, 6.45) is -3.41. The first-order chi connectivity index (χ1) is 12.1. The summed E-state index contributed by atoms with van der Waals surface area (Å²) in [5, 5.41) is 0.551. The third-order valence-corrected chi connectivity index (χ3v) is 4.67. The molecule has 3 aliphatic heterocycles. The van der Waals surface area contributed by atoms with Gasteiger partial charge in [0.25, 0.3) is 0 Å². The standard InChI is InChI=1S/C18H21ClO7/c1-17(2)23-11-12(24-17)14-16(26-18(3,4)25-14)22-13(11)15(20)21-10-7-5-9(19)6-8-10/h5-8,11-14,16H,1-4H3. The molecule has 8 heteroatoms. The number of hydrogen-bond donors (Lipinski definition) is 0. The van der Waals surface area contributed by atoms with Crippen LogP contribution in [-0.2, 0) is 28.5 Å². The van der Waals surface area contributed by atoms with Gasteiger partial charge in [0.15, 0.2) is 24.0 Å². The van der Waals surface area contributed by atoms with Crippen LogP contribution >= 0.6 is 11.6 Å². The molecule has 3 aliphatic rings. The second-order valence-electron chi connectivity index (χ2n) is 7.47. The number of benzene rings is 1. The van der Waals surface area contributed by atoms with E-state index in [4.69, 9.17) is 40.0 Å². The van der Waals surface area contributed by atoms with Gasteiger partial charge in [0.05, 0.1) is 0 Å².